The van der Waals surface area contributed by atoms with Gasteiger partial charge in [-0.25, -0.2) is 4.98 Å². The Labute approximate surface area is 111 Å². The second-order valence-corrected chi connectivity index (χ2v) is 5.09. The molecule has 1 aromatic carbocycles. The van der Waals surface area contributed by atoms with Crippen molar-refractivity contribution in [3.05, 3.63) is 24.3 Å². The largest absolute Gasteiger partial charge is 0.369 e. The number of fused-ring (bicyclic) bond motifs is 1. The number of carbonyl (C=O) groups excluding carboxylic acids is 1. The predicted octanol–water partition coefficient (Wildman–Crippen LogP) is 1.68. The molecule has 100 valence electrons. The van der Waals surface area contributed by atoms with E-state index in [1.807, 2.05) is 24.3 Å². The van der Waals surface area contributed by atoms with Crippen molar-refractivity contribution in [2.45, 2.75) is 38.3 Å². The van der Waals surface area contributed by atoms with E-state index in [9.17, 15) is 4.79 Å². The van der Waals surface area contributed by atoms with E-state index >= 15 is 0 Å². The number of benzene rings is 1. The number of para-hydroxylation sites is 2. The van der Waals surface area contributed by atoms with Crippen molar-refractivity contribution in [1.29, 1.82) is 0 Å². The van der Waals surface area contributed by atoms with Gasteiger partial charge in [0.1, 0.15) is 6.54 Å². The van der Waals surface area contributed by atoms with Gasteiger partial charge in [-0.05, 0) is 25.0 Å². The lowest BCUT2D eigenvalue weighted by Crippen LogP contribution is -2.35. The molecule has 5 heteroatoms. The van der Waals surface area contributed by atoms with E-state index in [-0.39, 0.29) is 12.5 Å². The lowest BCUT2D eigenvalue weighted by Gasteiger charge is -2.13. The molecule has 3 N–H and O–H groups in total. The van der Waals surface area contributed by atoms with Crippen LogP contribution in [0.4, 0.5) is 5.95 Å². The van der Waals surface area contributed by atoms with Crippen LogP contribution >= 0.6 is 0 Å². The quantitative estimate of drug-likeness (QED) is 0.879. The van der Waals surface area contributed by atoms with Gasteiger partial charge in [-0.2, -0.15) is 0 Å². The molecule has 1 aliphatic rings. The van der Waals surface area contributed by atoms with Crippen LogP contribution in [0.25, 0.3) is 11.0 Å². The van der Waals surface area contributed by atoms with Crippen LogP contribution in [-0.4, -0.2) is 21.5 Å². The van der Waals surface area contributed by atoms with Crippen LogP contribution in [0.1, 0.15) is 25.7 Å². The number of nitrogens with one attached hydrogen (secondary N) is 1. The fraction of sp³-hybridized carbons (Fsp3) is 0.429. The van der Waals surface area contributed by atoms with E-state index in [0.717, 1.165) is 23.9 Å². The lowest BCUT2D eigenvalue weighted by molar-refractivity contribution is -0.122. The normalized spacial score (nSPS) is 16.0. The van der Waals surface area contributed by atoms with E-state index in [0.29, 0.717) is 12.0 Å². The zero-order valence-electron chi connectivity index (χ0n) is 10.8. The third kappa shape index (κ3) is 2.41. The molecule has 0 spiro atoms. The molecule has 0 aliphatic heterocycles. The van der Waals surface area contributed by atoms with Gasteiger partial charge in [-0.1, -0.05) is 25.0 Å². The lowest BCUT2D eigenvalue weighted by atomic mass is 10.2. The number of anilines is 1. The van der Waals surface area contributed by atoms with Crippen LogP contribution in [0.2, 0.25) is 0 Å². The van der Waals surface area contributed by atoms with E-state index < -0.39 is 0 Å². The molecule has 0 atom stereocenters. The molecule has 2 aromatic rings. The zero-order chi connectivity index (χ0) is 13.2. The second kappa shape index (κ2) is 4.91. The molecular formula is C14H18N4O. The molecule has 1 aromatic heterocycles. The summed E-state index contributed by atoms with van der Waals surface area (Å²) in [7, 11) is 0. The molecular weight excluding hydrogens is 240 g/mol. The average molecular weight is 258 g/mol. The topological polar surface area (TPSA) is 72.9 Å². The molecule has 0 unspecified atom stereocenters. The number of hydrogen-bond acceptors (Lipinski definition) is 3. The van der Waals surface area contributed by atoms with Crippen LogP contribution in [0.5, 0.6) is 0 Å². The molecule has 19 heavy (non-hydrogen) atoms. The number of rotatable bonds is 3. The summed E-state index contributed by atoms with van der Waals surface area (Å²) < 4.78 is 1.76. The maximum Gasteiger partial charge on any atom is 0.240 e. The first-order valence-electron chi connectivity index (χ1n) is 6.74. The molecule has 0 radical (unpaired) electrons. The molecule has 1 aliphatic carbocycles. The number of nitrogen functional groups attached to an aromatic ring is 1. The average Bonchev–Trinajstić information content (AvgIpc) is 2.99. The second-order valence-electron chi connectivity index (χ2n) is 5.09. The molecule has 1 amide bonds. The summed E-state index contributed by atoms with van der Waals surface area (Å²) >= 11 is 0. The summed E-state index contributed by atoms with van der Waals surface area (Å²) in [6.07, 6.45) is 4.60. The number of nitrogens with two attached hydrogens (primary N) is 1. The molecule has 1 heterocycles. The number of aromatic nitrogens is 2. The molecule has 0 saturated heterocycles. The number of imidazole rings is 1. The Kier molecular flexibility index (Phi) is 3.11. The summed E-state index contributed by atoms with van der Waals surface area (Å²) in [6, 6.07) is 8.01. The Morgan fingerprint density at radius 2 is 2.11 bits per heavy atom. The van der Waals surface area contributed by atoms with Gasteiger partial charge in [0.05, 0.1) is 11.0 Å². The first-order valence-corrected chi connectivity index (χ1v) is 6.74. The summed E-state index contributed by atoms with van der Waals surface area (Å²) in [5, 5.41) is 3.07. The summed E-state index contributed by atoms with van der Waals surface area (Å²) in [5.74, 6) is 0.407. The van der Waals surface area contributed by atoms with Crippen molar-refractivity contribution in [3.8, 4) is 0 Å². The highest BCUT2D eigenvalue weighted by molar-refractivity contribution is 5.82. The fourth-order valence-corrected chi connectivity index (χ4v) is 2.75. The molecule has 3 rings (SSSR count). The van der Waals surface area contributed by atoms with E-state index in [2.05, 4.69) is 10.3 Å². The van der Waals surface area contributed by atoms with Gasteiger partial charge < -0.3 is 15.6 Å². The van der Waals surface area contributed by atoms with Crippen LogP contribution in [0.3, 0.4) is 0 Å². The zero-order valence-corrected chi connectivity index (χ0v) is 10.8. The van der Waals surface area contributed by atoms with Crippen LogP contribution in [-0.2, 0) is 11.3 Å². The Hall–Kier alpha value is -2.04. The number of hydrogen-bond donors (Lipinski definition) is 2. The highest BCUT2D eigenvalue weighted by Crippen LogP contribution is 2.19. The van der Waals surface area contributed by atoms with Crippen LogP contribution in [0.15, 0.2) is 24.3 Å². The van der Waals surface area contributed by atoms with E-state index in [4.69, 9.17) is 5.73 Å². The van der Waals surface area contributed by atoms with Crippen molar-refractivity contribution in [3.63, 3.8) is 0 Å². The van der Waals surface area contributed by atoms with Crippen molar-refractivity contribution < 1.29 is 4.79 Å². The Morgan fingerprint density at radius 1 is 1.37 bits per heavy atom. The first kappa shape index (κ1) is 12.0. The minimum atomic E-state index is 0.0155. The van der Waals surface area contributed by atoms with Gasteiger partial charge in [0.15, 0.2) is 0 Å². The van der Waals surface area contributed by atoms with Crippen LogP contribution in [0, 0.1) is 0 Å². The van der Waals surface area contributed by atoms with Gasteiger partial charge in [0.25, 0.3) is 0 Å². The van der Waals surface area contributed by atoms with Gasteiger partial charge >= 0.3 is 0 Å². The molecule has 5 nitrogen and oxygen atoms in total. The molecule has 1 fully saturated rings. The smallest absolute Gasteiger partial charge is 0.240 e. The van der Waals surface area contributed by atoms with Gasteiger partial charge in [-0.3, -0.25) is 4.79 Å². The number of nitrogens with zero attached hydrogens (tertiary/aromatic N) is 2. The van der Waals surface area contributed by atoms with Crippen molar-refractivity contribution in [2.24, 2.45) is 0 Å². The predicted molar refractivity (Wildman–Crippen MR) is 74.5 cm³/mol. The Balaban J connectivity index is 1.77. The van der Waals surface area contributed by atoms with Crippen molar-refractivity contribution >= 4 is 22.9 Å². The highest BCUT2D eigenvalue weighted by Gasteiger charge is 2.18. The van der Waals surface area contributed by atoms with E-state index in [1.54, 1.807) is 4.57 Å². The first-order chi connectivity index (χ1) is 9.24. The highest BCUT2D eigenvalue weighted by atomic mass is 16.2. The van der Waals surface area contributed by atoms with Crippen molar-refractivity contribution in [1.82, 2.24) is 14.9 Å². The summed E-state index contributed by atoms with van der Waals surface area (Å²) in [4.78, 5) is 16.3. The third-order valence-electron chi connectivity index (χ3n) is 3.71. The van der Waals surface area contributed by atoms with Crippen molar-refractivity contribution in [2.75, 3.05) is 5.73 Å². The Morgan fingerprint density at radius 3 is 2.89 bits per heavy atom. The molecule has 0 bridgehead atoms. The summed E-state index contributed by atoms with van der Waals surface area (Å²) in [6.45, 7) is 0.239. The van der Waals surface area contributed by atoms with Gasteiger partial charge in [-0.15, -0.1) is 0 Å². The maximum atomic E-state index is 12.0. The van der Waals surface area contributed by atoms with Gasteiger partial charge in [0.2, 0.25) is 11.9 Å². The van der Waals surface area contributed by atoms with E-state index in [1.165, 1.54) is 12.8 Å². The van der Waals surface area contributed by atoms with Crippen LogP contribution < -0.4 is 11.1 Å². The SMILES string of the molecule is Nc1nc2ccccc2n1CC(=O)NC1CCCC1. The minimum Gasteiger partial charge on any atom is -0.369 e. The Bertz CT molecular complexity index is 599. The monoisotopic (exact) mass is 258 g/mol. The fourth-order valence-electron chi connectivity index (χ4n) is 2.75. The summed E-state index contributed by atoms with van der Waals surface area (Å²) in [5.41, 5.74) is 7.61. The third-order valence-corrected chi connectivity index (χ3v) is 3.71. The number of amides is 1. The minimum absolute atomic E-state index is 0.0155. The molecule has 1 saturated carbocycles. The maximum absolute atomic E-state index is 12.0. The number of carbonyl (C=O) groups is 1. The van der Waals surface area contributed by atoms with Gasteiger partial charge in [0, 0.05) is 6.04 Å². The standard InChI is InChI=1S/C14H18N4O/c15-14-17-11-7-3-4-8-12(11)18(14)9-13(19)16-10-5-1-2-6-10/h3-4,7-8,10H,1-2,5-6,9H2,(H2,15,17)(H,16,19).